The number of aryl methyl sites for hydroxylation is 1. The smallest absolute Gasteiger partial charge is 0.270 e. The van der Waals surface area contributed by atoms with E-state index in [1.54, 1.807) is 18.5 Å². The van der Waals surface area contributed by atoms with Crippen LogP contribution in [0.3, 0.4) is 0 Å². The van der Waals surface area contributed by atoms with E-state index in [1.807, 2.05) is 28.8 Å². The van der Waals surface area contributed by atoms with E-state index >= 15 is 0 Å². The van der Waals surface area contributed by atoms with Gasteiger partial charge in [0.05, 0.1) is 16.1 Å². The number of H-pyrrole nitrogens is 1. The number of para-hydroxylation sites is 1. The molecule has 0 saturated heterocycles. The van der Waals surface area contributed by atoms with Crippen LogP contribution in [0, 0.1) is 10.1 Å². The molecule has 2 amide bonds. The lowest BCUT2D eigenvalue weighted by Gasteiger charge is -2.03. The predicted molar refractivity (Wildman–Crippen MR) is 121 cm³/mol. The van der Waals surface area contributed by atoms with Gasteiger partial charge in [0.15, 0.2) is 0 Å². The van der Waals surface area contributed by atoms with Gasteiger partial charge in [-0.05, 0) is 25.1 Å². The third-order valence-electron chi connectivity index (χ3n) is 5.74. The largest absolute Gasteiger partial charge is 0.361 e. The summed E-state index contributed by atoms with van der Waals surface area (Å²) in [7, 11) is 0. The molecule has 1 aliphatic rings. The monoisotopic (exact) mass is 429 g/mol. The number of nitrogens with zero attached hydrogens (tertiary/aromatic N) is 2. The summed E-state index contributed by atoms with van der Waals surface area (Å²) < 4.78 is 1.91. The molecule has 0 bridgehead atoms. The maximum atomic E-state index is 12.9. The van der Waals surface area contributed by atoms with Gasteiger partial charge >= 0.3 is 0 Å². The zero-order valence-corrected chi connectivity index (χ0v) is 16.9. The predicted octanol–water partition coefficient (Wildman–Crippen LogP) is 2.95. The molecule has 160 valence electrons. The molecule has 0 radical (unpaired) electrons. The van der Waals surface area contributed by atoms with Crippen molar-refractivity contribution < 1.29 is 14.5 Å². The Morgan fingerprint density at radius 1 is 1.00 bits per heavy atom. The minimum atomic E-state index is -0.528. The van der Waals surface area contributed by atoms with Crippen molar-refractivity contribution in [3.63, 3.8) is 0 Å². The molecule has 9 nitrogen and oxygen atoms in total. The van der Waals surface area contributed by atoms with E-state index in [1.165, 1.54) is 12.1 Å². The summed E-state index contributed by atoms with van der Waals surface area (Å²) in [6.45, 7) is 1.06. The molecule has 2 aromatic heterocycles. The number of aromatic amines is 1. The summed E-state index contributed by atoms with van der Waals surface area (Å²) in [4.78, 5) is 39.9. The molecule has 3 heterocycles. The Kier molecular flexibility index (Phi) is 4.60. The number of amides is 2. The lowest BCUT2D eigenvalue weighted by atomic mass is 9.95. The van der Waals surface area contributed by atoms with Crippen LogP contribution < -0.4 is 11.1 Å². The first-order chi connectivity index (χ1) is 15.5. The molecule has 0 fully saturated rings. The fraction of sp³-hybridized carbons (Fsp3) is 0.130. The highest BCUT2D eigenvalue weighted by Gasteiger charge is 2.35. The van der Waals surface area contributed by atoms with Gasteiger partial charge in [0, 0.05) is 64.0 Å². The van der Waals surface area contributed by atoms with Crippen LogP contribution in [0.25, 0.3) is 33.0 Å². The molecule has 4 aromatic rings. The highest BCUT2D eigenvalue weighted by atomic mass is 16.6. The number of aromatic nitrogens is 2. The van der Waals surface area contributed by atoms with E-state index in [0.717, 1.165) is 16.4 Å². The second-order valence-electron chi connectivity index (χ2n) is 7.62. The molecular weight excluding hydrogens is 410 g/mol. The van der Waals surface area contributed by atoms with Crippen LogP contribution in [-0.4, -0.2) is 32.8 Å². The van der Waals surface area contributed by atoms with Gasteiger partial charge in [0.2, 0.25) is 0 Å². The number of nitrogens with two attached hydrogens (primary N) is 1. The minimum Gasteiger partial charge on any atom is -0.361 e. The first kappa shape index (κ1) is 19.7. The number of nitro groups is 1. The number of nitrogens with one attached hydrogen (secondary N) is 2. The molecule has 0 spiro atoms. The van der Waals surface area contributed by atoms with Crippen LogP contribution in [0.4, 0.5) is 5.69 Å². The van der Waals surface area contributed by atoms with Crippen molar-refractivity contribution in [2.75, 3.05) is 6.54 Å². The van der Waals surface area contributed by atoms with Gasteiger partial charge in [-0.1, -0.05) is 18.2 Å². The maximum absolute atomic E-state index is 12.9. The summed E-state index contributed by atoms with van der Waals surface area (Å²) in [5.41, 5.74) is 8.68. The molecule has 0 aliphatic carbocycles. The van der Waals surface area contributed by atoms with E-state index in [0.29, 0.717) is 36.0 Å². The molecular formula is C23H19N5O4. The Bertz CT molecular complexity index is 1460. The Morgan fingerprint density at radius 3 is 2.50 bits per heavy atom. The normalized spacial score (nSPS) is 14.0. The maximum Gasteiger partial charge on any atom is 0.270 e. The van der Waals surface area contributed by atoms with E-state index in [2.05, 4.69) is 10.3 Å². The summed E-state index contributed by atoms with van der Waals surface area (Å²) in [6, 6.07) is 12.0. The second kappa shape index (κ2) is 7.47. The number of hydrogen-bond donors (Lipinski definition) is 3. The third kappa shape index (κ3) is 2.98. The van der Waals surface area contributed by atoms with Crippen molar-refractivity contribution in [2.45, 2.75) is 13.0 Å². The van der Waals surface area contributed by atoms with E-state index in [-0.39, 0.29) is 16.8 Å². The fourth-order valence-electron chi connectivity index (χ4n) is 4.29. The Morgan fingerprint density at radius 2 is 1.75 bits per heavy atom. The van der Waals surface area contributed by atoms with Crippen molar-refractivity contribution in [1.82, 2.24) is 14.9 Å². The van der Waals surface area contributed by atoms with Crippen molar-refractivity contribution in [3.8, 4) is 0 Å². The Labute approximate surface area is 181 Å². The molecule has 0 saturated carbocycles. The van der Waals surface area contributed by atoms with Gasteiger partial charge in [-0.25, -0.2) is 0 Å². The number of non-ortho nitro benzene ring substituents is 1. The summed E-state index contributed by atoms with van der Waals surface area (Å²) in [6.07, 6.45) is 4.17. The van der Waals surface area contributed by atoms with Crippen molar-refractivity contribution in [1.29, 1.82) is 0 Å². The summed E-state index contributed by atoms with van der Waals surface area (Å²) in [5.74, 6) is -1.03. The number of rotatable bonds is 6. The minimum absolute atomic E-state index is 0.0886. The number of carbonyl (C=O) groups excluding carboxylic acids is 2. The number of carbonyl (C=O) groups is 2. The molecule has 4 N–H and O–H groups in total. The number of fused-ring (bicyclic) bond motifs is 2. The van der Waals surface area contributed by atoms with Crippen LogP contribution in [-0.2, 0) is 16.1 Å². The standard InChI is InChI=1S/C23H19N5O4/c24-8-3-9-27-12-17(15-10-13(28(31)32)6-7-19(15)27)21-20(22(29)26-23(21)30)16-11-25-18-5-2-1-4-14(16)18/h1-2,4-7,10-12,25H,3,8-9,24H2,(H,26,29,30). The summed E-state index contributed by atoms with van der Waals surface area (Å²) in [5, 5.41) is 15.1. The Hall–Kier alpha value is -4.24. The zero-order valence-electron chi connectivity index (χ0n) is 16.9. The number of nitro benzene ring substituents is 1. The number of hydrogen-bond acceptors (Lipinski definition) is 5. The van der Waals surface area contributed by atoms with Crippen LogP contribution in [0.2, 0.25) is 0 Å². The molecule has 0 unspecified atom stereocenters. The van der Waals surface area contributed by atoms with E-state index in [4.69, 9.17) is 5.73 Å². The Balaban J connectivity index is 1.81. The van der Waals surface area contributed by atoms with Crippen LogP contribution >= 0.6 is 0 Å². The summed E-state index contributed by atoms with van der Waals surface area (Å²) >= 11 is 0. The van der Waals surface area contributed by atoms with Crippen molar-refractivity contribution in [3.05, 3.63) is 76.1 Å². The quantitative estimate of drug-likeness (QED) is 0.246. The van der Waals surface area contributed by atoms with Crippen molar-refractivity contribution in [2.24, 2.45) is 5.73 Å². The van der Waals surface area contributed by atoms with Crippen LogP contribution in [0.5, 0.6) is 0 Å². The lowest BCUT2D eigenvalue weighted by molar-refractivity contribution is -0.384. The van der Waals surface area contributed by atoms with Gasteiger partial charge in [0.25, 0.3) is 17.5 Å². The van der Waals surface area contributed by atoms with Gasteiger partial charge < -0.3 is 15.3 Å². The topological polar surface area (TPSA) is 136 Å². The van der Waals surface area contributed by atoms with E-state index in [9.17, 15) is 19.7 Å². The average molecular weight is 429 g/mol. The van der Waals surface area contributed by atoms with Gasteiger partial charge in [-0.15, -0.1) is 0 Å². The molecule has 9 heteroatoms. The molecule has 5 rings (SSSR count). The zero-order chi connectivity index (χ0) is 22.4. The highest BCUT2D eigenvalue weighted by molar-refractivity contribution is 6.50. The van der Waals surface area contributed by atoms with Gasteiger partial charge in [-0.3, -0.25) is 25.0 Å². The van der Waals surface area contributed by atoms with Gasteiger partial charge in [-0.2, -0.15) is 0 Å². The number of benzene rings is 2. The SMILES string of the molecule is NCCCn1cc(C2=C(c3c[nH]c4ccccc34)C(=O)NC2=O)c2cc([N+](=O)[O-])ccc21. The fourth-order valence-corrected chi connectivity index (χ4v) is 4.29. The average Bonchev–Trinajstić information content (AvgIpc) is 3.44. The van der Waals surface area contributed by atoms with E-state index < -0.39 is 16.7 Å². The molecule has 1 aliphatic heterocycles. The number of imide groups is 1. The van der Waals surface area contributed by atoms with Gasteiger partial charge in [0.1, 0.15) is 0 Å². The molecule has 0 atom stereocenters. The molecule has 32 heavy (non-hydrogen) atoms. The van der Waals surface area contributed by atoms with Crippen LogP contribution in [0.1, 0.15) is 17.5 Å². The molecule has 2 aromatic carbocycles. The third-order valence-corrected chi connectivity index (χ3v) is 5.74. The second-order valence-corrected chi connectivity index (χ2v) is 7.62. The van der Waals surface area contributed by atoms with Crippen LogP contribution in [0.15, 0.2) is 54.9 Å². The van der Waals surface area contributed by atoms with Crippen molar-refractivity contribution >= 4 is 50.5 Å². The first-order valence-electron chi connectivity index (χ1n) is 10.1. The highest BCUT2D eigenvalue weighted by Crippen LogP contribution is 2.39. The lowest BCUT2D eigenvalue weighted by Crippen LogP contribution is -2.22. The first-order valence-corrected chi connectivity index (χ1v) is 10.1.